The van der Waals surface area contributed by atoms with E-state index in [1.165, 1.54) is 28.7 Å². The molecule has 0 bridgehead atoms. The van der Waals surface area contributed by atoms with Crippen molar-refractivity contribution in [3.8, 4) is 45.4 Å². The molecule has 8 aromatic rings. The van der Waals surface area contributed by atoms with Crippen LogP contribution in [0.15, 0.2) is 111 Å². The van der Waals surface area contributed by atoms with Crippen LogP contribution in [0.25, 0.3) is 65.9 Å². The number of thiophene rings is 2. The quantitative estimate of drug-likeness (QED) is 0.194. The van der Waals surface area contributed by atoms with Gasteiger partial charge in [-0.2, -0.15) is 0 Å². The lowest BCUT2D eigenvalue weighted by Gasteiger charge is -2.03. The van der Waals surface area contributed by atoms with Crippen LogP contribution < -0.4 is 16.7 Å². The molecule has 0 aliphatic rings. The van der Waals surface area contributed by atoms with Crippen LogP contribution in [0.4, 0.5) is 0 Å². The Balaban J connectivity index is 0.000000161. The van der Waals surface area contributed by atoms with Crippen molar-refractivity contribution in [3.63, 3.8) is 0 Å². The standard InChI is InChI=1S/C17H12N4OS.C16H10N4O2S.CH4/c1-10-13(11-5-8-18-9-6-11)14-15(23-10)17(22)21-16(20-14)12-4-2-3-7-19-12;21-12-6-3-5-10(18-12)9-8-23-14-13(9)19-15(20-16(14)22)11-4-1-2-7-17-11;/h2-9H,1H3,(H,20,21,22);1-8H,(H,18,21)(H,19,20,22);1H4. The third kappa shape index (κ3) is 6.17. The van der Waals surface area contributed by atoms with Crippen LogP contribution in [0.3, 0.4) is 0 Å². The molecule has 0 atom stereocenters. The van der Waals surface area contributed by atoms with E-state index >= 15 is 0 Å². The fourth-order valence-corrected chi connectivity index (χ4v) is 6.84. The normalized spacial score (nSPS) is 10.7. The molecule has 8 heterocycles. The maximum absolute atomic E-state index is 12.4. The summed E-state index contributed by atoms with van der Waals surface area (Å²) in [5, 5.41) is 1.82. The van der Waals surface area contributed by atoms with E-state index in [1.54, 1.807) is 49.1 Å². The Hall–Kier alpha value is -5.92. The van der Waals surface area contributed by atoms with Gasteiger partial charge < -0.3 is 15.0 Å². The van der Waals surface area contributed by atoms with Crippen LogP contribution in [0.5, 0.6) is 0 Å². The summed E-state index contributed by atoms with van der Waals surface area (Å²) < 4.78 is 1.15. The Morgan fingerprint density at radius 3 is 1.91 bits per heavy atom. The van der Waals surface area contributed by atoms with Crippen LogP contribution in [0.2, 0.25) is 0 Å². The first-order chi connectivity index (χ1) is 22.5. The summed E-state index contributed by atoms with van der Waals surface area (Å²) in [6.07, 6.45) is 6.81. The Labute approximate surface area is 274 Å². The third-order valence-corrected chi connectivity index (χ3v) is 9.05. The molecule has 13 heteroatoms. The van der Waals surface area contributed by atoms with E-state index in [0.717, 1.165) is 21.6 Å². The van der Waals surface area contributed by atoms with Crippen molar-refractivity contribution in [1.82, 2.24) is 39.9 Å². The largest absolute Gasteiger partial charge is 0.322 e. The zero-order valence-electron chi connectivity index (χ0n) is 24.0. The second kappa shape index (κ2) is 13.2. The summed E-state index contributed by atoms with van der Waals surface area (Å²) in [5.41, 5.74) is 5.31. The summed E-state index contributed by atoms with van der Waals surface area (Å²) in [6, 6.07) is 19.7. The maximum atomic E-state index is 12.4. The first kappa shape index (κ1) is 31.1. The van der Waals surface area contributed by atoms with Gasteiger partial charge in [0, 0.05) is 52.2 Å². The Bertz CT molecular complexity index is 2510. The van der Waals surface area contributed by atoms with Gasteiger partial charge in [-0.3, -0.25) is 29.3 Å². The topological polar surface area (TPSA) is 163 Å². The van der Waals surface area contributed by atoms with E-state index in [2.05, 4.69) is 39.9 Å². The molecule has 11 nitrogen and oxygen atoms in total. The van der Waals surface area contributed by atoms with Gasteiger partial charge in [0.05, 0.1) is 16.7 Å². The molecule has 0 saturated heterocycles. The molecule has 0 fully saturated rings. The van der Waals surface area contributed by atoms with E-state index in [9.17, 15) is 14.4 Å². The number of H-pyrrole nitrogens is 3. The summed E-state index contributed by atoms with van der Waals surface area (Å²) >= 11 is 2.75. The highest BCUT2D eigenvalue weighted by Crippen LogP contribution is 2.36. The molecule has 0 saturated carbocycles. The third-order valence-electron chi connectivity index (χ3n) is 6.99. The Morgan fingerprint density at radius 1 is 0.660 bits per heavy atom. The van der Waals surface area contributed by atoms with Crippen LogP contribution in [-0.4, -0.2) is 39.9 Å². The SMILES string of the molecule is C.Cc1sc2c(=O)[nH]c(-c3ccccn3)nc2c1-c1ccncc1.O=c1cccc(-c2csc3c(=O)[nH]c(-c4ccccn4)nc23)[nH]1. The van der Waals surface area contributed by atoms with Crippen molar-refractivity contribution < 1.29 is 0 Å². The van der Waals surface area contributed by atoms with Gasteiger partial charge in [0.2, 0.25) is 5.56 Å². The minimum Gasteiger partial charge on any atom is -0.322 e. The van der Waals surface area contributed by atoms with Gasteiger partial charge in [0.1, 0.15) is 20.8 Å². The second-order valence-corrected chi connectivity index (χ2v) is 12.1. The number of fused-ring (bicyclic) bond motifs is 2. The molecule has 3 N–H and O–H groups in total. The zero-order chi connectivity index (χ0) is 31.6. The average Bonchev–Trinajstić information content (AvgIpc) is 3.68. The van der Waals surface area contributed by atoms with Crippen molar-refractivity contribution in [2.45, 2.75) is 14.4 Å². The summed E-state index contributed by atoms with van der Waals surface area (Å²) in [7, 11) is 0. The molecule has 0 aliphatic carbocycles. The first-order valence-electron chi connectivity index (χ1n) is 13.9. The fraction of sp³-hybridized carbons (Fsp3) is 0.0588. The van der Waals surface area contributed by atoms with Gasteiger partial charge in [0.25, 0.3) is 11.1 Å². The minimum absolute atomic E-state index is 0. The molecule has 0 radical (unpaired) electrons. The highest BCUT2D eigenvalue weighted by Gasteiger charge is 2.17. The lowest BCUT2D eigenvalue weighted by molar-refractivity contribution is 1.15. The highest BCUT2D eigenvalue weighted by molar-refractivity contribution is 7.19. The fourth-order valence-electron chi connectivity index (χ4n) is 4.93. The van der Waals surface area contributed by atoms with Gasteiger partial charge in [0.15, 0.2) is 11.6 Å². The van der Waals surface area contributed by atoms with E-state index in [0.29, 0.717) is 49.2 Å². The number of nitrogens with one attached hydrogen (secondary N) is 3. The number of rotatable bonds is 4. The number of pyridine rings is 4. The molecule has 0 amide bonds. The number of aryl methyl sites for hydroxylation is 1. The van der Waals surface area contributed by atoms with Crippen LogP contribution in [0.1, 0.15) is 12.3 Å². The molecule has 0 aliphatic heterocycles. The van der Waals surface area contributed by atoms with Gasteiger partial charge in [-0.15, -0.1) is 22.7 Å². The van der Waals surface area contributed by atoms with Gasteiger partial charge in [-0.1, -0.05) is 25.6 Å². The summed E-state index contributed by atoms with van der Waals surface area (Å²) in [5.74, 6) is 0.886. The minimum atomic E-state index is -0.217. The van der Waals surface area contributed by atoms with Gasteiger partial charge >= 0.3 is 0 Å². The summed E-state index contributed by atoms with van der Waals surface area (Å²) in [6.45, 7) is 2.00. The highest BCUT2D eigenvalue weighted by atomic mass is 32.1. The smallest absolute Gasteiger partial charge is 0.269 e. The van der Waals surface area contributed by atoms with E-state index < -0.39 is 0 Å². The summed E-state index contributed by atoms with van der Waals surface area (Å²) in [4.78, 5) is 67.4. The van der Waals surface area contributed by atoms with Crippen LogP contribution in [0, 0.1) is 6.92 Å². The van der Waals surface area contributed by atoms with Crippen LogP contribution >= 0.6 is 22.7 Å². The van der Waals surface area contributed by atoms with Crippen molar-refractivity contribution >= 4 is 43.1 Å². The van der Waals surface area contributed by atoms with Gasteiger partial charge in [-0.25, -0.2) is 9.97 Å². The number of hydrogen-bond acceptors (Lipinski definition) is 10. The predicted octanol–water partition coefficient (Wildman–Crippen LogP) is 6.46. The van der Waals surface area contributed by atoms with Crippen molar-refractivity contribution in [2.75, 3.05) is 0 Å². The molecule has 0 spiro atoms. The molecule has 0 aromatic carbocycles. The lowest BCUT2D eigenvalue weighted by atomic mass is 10.1. The number of aromatic amines is 3. The molecule has 8 aromatic heterocycles. The molecule has 8 rings (SSSR count). The number of nitrogens with zero attached hydrogens (tertiary/aromatic N) is 5. The first-order valence-corrected chi connectivity index (χ1v) is 15.6. The van der Waals surface area contributed by atoms with Crippen molar-refractivity contribution in [1.29, 1.82) is 0 Å². The van der Waals surface area contributed by atoms with E-state index in [1.807, 2.05) is 48.7 Å². The molecular formula is C34H26N8O3S2. The molecule has 232 valence electrons. The lowest BCUT2D eigenvalue weighted by Crippen LogP contribution is -2.09. The van der Waals surface area contributed by atoms with Crippen molar-refractivity contribution in [2.24, 2.45) is 0 Å². The van der Waals surface area contributed by atoms with E-state index in [-0.39, 0.29) is 24.1 Å². The maximum Gasteiger partial charge on any atom is 0.269 e. The van der Waals surface area contributed by atoms with Crippen molar-refractivity contribution in [3.05, 3.63) is 133 Å². The van der Waals surface area contributed by atoms with Gasteiger partial charge in [-0.05, 0) is 55.0 Å². The Morgan fingerprint density at radius 2 is 1.30 bits per heavy atom. The Kier molecular flexibility index (Phi) is 8.73. The number of aromatic nitrogens is 8. The second-order valence-electron chi connectivity index (χ2n) is 9.96. The van der Waals surface area contributed by atoms with E-state index in [4.69, 9.17) is 0 Å². The zero-order valence-corrected chi connectivity index (χ0v) is 25.6. The molecular weight excluding hydrogens is 633 g/mol. The molecule has 47 heavy (non-hydrogen) atoms. The monoisotopic (exact) mass is 658 g/mol. The predicted molar refractivity (Wildman–Crippen MR) is 188 cm³/mol. The van der Waals surface area contributed by atoms with Crippen LogP contribution in [-0.2, 0) is 0 Å². The molecule has 0 unspecified atom stereocenters. The average molecular weight is 659 g/mol. The number of hydrogen-bond donors (Lipinski definition) is 3.